The summed E-state index contributed by atoms with van der Waals surface area (Å²) in [6.45, 7) is 1.37. The smallest absolute Gasteiger partial charge is 0.316 e. The number of hydrogen-bond acceptors (Lipinski definition) is 8. The fourth-order valence-electron chi connectivity index (χ4n) is 5.20. The Labute approximate surface area is 225 Å². The summed E-state index contributed by atoms with van der Waals surface area (Å²) < 4.78 is 13.6. The van der Waals surface area contributed by atoms with Gasteiger partial charge in [0.15, 0.2) is 5.82 Å². The molecule has 2 aromatic heterocycles. The molecule has 0 radical (unpaired) electrons. The van der Waals surface area contributed by atoms with E-state index in [1.807, 2.05) is 71.6 Å². The lowest BCUT2D eigenvalue weighted by Crippen LogP contribution is -2.32. The van der Waals surface area contributed by atoms with Crippen molar-refractivity contribution in [3.63, 3.8) is 0 Å². The molecule has 2 aromatic carbocycles. The Balaban J connectivity index is 1.19. The molecule has 39 heavy (non-hydrogen) atoms. The zero-order valence-electron chi connectivity index (χ0n) is 21.3. The van der Waals surface area contributed by atoms with E-state index in [2.05, 4.69) is 26.1 Å². The van der Waals surface area contributed by atoms with Crippen LogP contribution in [0.3, 0.4) is 0 Å². The Kier molecular flexibility index (Phi) is 6.08. The summed E-state index contributed by atoms with van der Waals surface area (Å²) in [5, 5.41) is 23.0. The van der Waals surface area contributed by atoms with Crippen molar-refractivity contribution in [3.8, 4) is 11.5 Å². The molecule has 2 aliphatic heterocycles. The highest BCUT2D eigenvalue weighted by Gasteiger charge is 2.29. The van der Waals surface area contributed by atoms with Crippen molar-refractivity contribution in [2.45, 2.75) is 43.8 Å². The molecule has 1 saturated carbocycles. The van der Waals surface area contributed by atoms with Crippen LogP contribution < -0.4 is 16.0 Å². The van der Waals surface area contributed by atoms with E-state index in [1.165, 1.54) is 6.42 Å². The zero-order valence-corrected chi connectivity index (χ0v) is 21.3. The minimum atomic E-state index is -0.730. The number of anilines is 3. The number of carbonyl (C=O) groups excluding carboxylic acids is 1. The average molecular weight is 524 g/mol. The number of ether oxygens (including phenoxy) is 1. The second kappa shape index (κ2) is 10.0. The highest BCUT2D eigenvalue weighted by molar-refractivity contribution is 6.05. The lowest BCUT2D eigenvalue weighted by Gasteiger charge is -2.25. The summed E-state index contributed by atoms with van der Waals surface area (Å²) in [6.07, 6.45) is 8.23. The normalized spacial score (nSPS) is 20.9. The molecule has 10 nitrogen and oxygen atoms in total. The standard InChI is InChI=1S/C29H29N7O3/c37-27-25(15-22(18-7-2-1-3-8-18)21-11-4-5-12-24(21)31-27)32-29-34-33-28(39-29)23-16-36(20-9-6-10-20)35-26(23)30-19-13-14-38-17-19/h1-5,7-8,11-12,15-16,19-20,25H,6,9-10,13-14,17H2,(H,30,35)(H,31,37)(H,32,34)/t19-,25+/m1/s1. The van der Waals surface area contributed by atoms with Gasteiger partial charge in [-0.2, -0.15) is 5.10 Å². The second-order valence-corrected chi connectivity index (χ2v) is 10.2. The minimum Gasteiger partial charge on any atom is -0.403 e. The SMILES string of the molecule is O=C1Nc2ccccc2C(c2ccccc2)=C[C@@H]1Nc1nnc(-c2cn(C3CCC3)nc2N[C@@H]2CCOC2)o1. The monoisotopic (exact) mass is 523 g/mol. The van der Waals surface area contributed by atoms with Gasteiger partial charge in [0.2, 0.25) is 0 Å². The maximum Gasteiger partial charge on any atom is 0.316 e. The summed E-state index contributed by atoms with van der Waals surface area (Å²) in [5.41, 5.74) is 4.39. The number of nitrogens with one attached hydrogen (secondary N) is 3. The van der Waals surface area contributed by atoms with Crippen LogP contribution in [0.1, 0.15) is 42.9 Å². The maximum atomic E-state index is 13.3. The van der Waals surface area contributed by atoms with Crippen LogP contribution in [0.5, 0.6) is 0 Å². The quantitative estimate of drug-likeness (QED) is 0.318. The second-order valence-electron chi connectivity index (χ2n) is 10.2. The summed E-state index contributed by atoms with van der Waals surface area (Å²) in [4.78, 5) is 13.3. The molecular weight excluding hydrogens is 494 g/mol. The molecule has 4 heterocycles. The third-order valence-electron chi connectivity index (χ3n) is 7.56. The van der Waals surface area contributed by atoms with Crippen molar-refractivity contribution >= 4 is 29.0 Å². The van der Waals surface area contributed by atoms with Gasteiger partial charge >= 0.3 is 6.01 Å². The summed E-state index contributed by atoms with van der Waals surface area (Å²) in [7, 11) is 0. The first kappa shape index (κ1) is 23.7. The first-order valence-electron chi connectivity index (χ1n) is 13.4. The van der Waals surface area contributed by atoms with Crippen LogP contribution in [-0.4, -0.2) is 51.2 Å². The first-order chi connectivity index (χ1) is 19.2. The first-order valence-corrected chi connectivity index (χ1v) is 13.4. The summed E-state index contributed by atoms with van der Waals surface area (Å²) in [6, 6.07) is 17.8. The number of hydrogen-bond donors (Lipinski definition) is 3. The van der Waals surface area contributed by atoms with Gasteiger partial charge < -0.3 is 25.1 Å². The van der Waals surface area contributed by atoms with Gasteiger partial charge in [-0.15, -0.1) is 5.10 Å². The fourth-order valence-corrected chi connectivity index (χ4v) is 5.20. The zero-order chi connectivity index (χ0) is 26.2. The number of benzene rings is 2. The third-order valence-corrected chi connectivity index (χ3v) is 7.56. The molecule has 1 amide bonds. The molecule has 0 bridgehead atoms. The Hall–Kier alpha value is -4.44. The van der Waals surface area contributed by atoms with Crippen LogP contribution in [0.25, 0.3) is 17.0 Å². The molecular formula is C29H29N7O3. The van der Waals surface area contributed by atoms with Crippen LogP contribution in [0.4, 0.5) is 17.5 Å². The van der Waals surface area contributed by atoms with Crippen molar-refractivity contribution in [1.82, 2.24) is 20.0 Å². The highest BCUT2D eigenvalue weighted by Crippen LogP contribution is 2.36. The highest BCUT2D eigenvalue weighted by atomic mass is 16.5. The number of carbonyl (C=O) groups is 1. The number of fused-ring (bicyclic) bond motifs is 1. The molecule has 3 aliphatic rings. The average Bonchev–Trinajstić information content (AvgIpc) is 3.67. The van der Waals surface area contributed by atoms with Crippen molar-refractivity contribution in [2.75, 3.05) is 29.2 Å². The van der Waals surface area contributed by atoms with Gasteiger partial charge in [0, 0.05) is 24.1 Å². The van der Waals surface area contributed by atoms with Crippen molar-refractivity contribution < 1.29 is 13.9 Å². The van der Waals surface area contributed by atoms with Crippen LogP contribution in [0, 0.1) is 0 Å². The lowest BCUT2D eigenvalue weighted by atomic mass is 9.93. The Morgan fingerprint density at radius 3 is 2.59 bits per heavy atom. The largest absolute Gasteiger partial charge is 0.403 e. The molecule has 3 N–H and O–H groups in total. The minimum absolute atomic E-state index is 0.159. The van der Waals surface area contributed by atoms with Crippen LogP contribution in [-0.2, 0) is 9.53 Å². The van der Waals surface area contributed by atoms with Gasteiger partial charge in [0.25, 0.3) is 11.8 Å². The predicted molar refractivity (Wildman–Crippen MR) is 147 cm³/mol. The molecule has 4 aromatic rings. The Bertz CT molecular complexity index is 1520. The molecule has 198 valence electrons. The van der Waals surface area contributed by atoms with E-state index in [0.717, 1.165) is 53.8 Å². The van der Waals surface area contributed by atoms with E-state index in [4.69, 9.17) is 14.3 Å². The molecule has 0 unspecified atom stereocenters. The van der Waals surface area contributed by atoms with Crippen LogP contribution >= 0.6 is 0 Å². The van der Waals surface area contributed by atoms with Gasteiger partial charge in [0.05, 0.1) is 18.7 Å². The number of rotatable bonds is 7. The van der Waals surface area contributed by atoms with Crippen LogP contribution in [0.15, 0.2) is 71.3 Å². The number of aromatic nitrogens is 4. The Morgan fingerprint density at radius 1 is 0.949 bits per heavy atom. The van der Waals surface area contributed by atoms with Crippen molar-refractivity contribution in [3.05, 3.63) is 78.0 Å². The van der Waals surface area contributed by atoms with Crippen LogP contribution in [0.2, 0.25) is 0 Å². The summed E-state index contributed by atoms with van der Waals surface area (Å²) in [5.74, 6) is 0.838. The number of para-hydroxylation sites is 1. The molecule has 0 spiro atoms. The third kappa shape index (κ3) is 4.67. The van der Waals surface area contributed by atoms with E-state index in [0.29, 0.717) is 24.4 Å². The fraction of sp³-hybridized carbons (Fsp3) is 0.310. The predicted octanol–water partition coefficient (Wildman–Crippen LogP) is 4.72. The Morgan fingerprint density at radius 2 is 1.79 bits per heavy atom. The number of nitrogens with zero attached hydrogens (tertiary/aromatic N) is 4. The molecule has 2 fully saturated rings. The number of amides is 1. The molecule has 10 heteroatoms. The van der Waals surface area contributed by atoms with E-state index in [-0.39, 0.29) is 18.0 Å². The lowest BCUT2D eigenvalue weighted by molar-refractivity contribution is -0.116. The topological polar surface area (TPSA) is 119 Å². The van der Waals surface area contributed by atoms with Gasteiger partial charge in [-0.05, 0) is 49.0 Å². The van der Waals surface area contributed by atoms with Crippen molar-refractivity contribution in [2.24, 2.45) is 0 Å². The van der Waals surface area contributed by atoms with E-state index < -0.39 is 6.04 Å². The molecule has 1 aliphatic carbocycles. The maximum absolute atomic E-state index is 13.3. The van der Waals surface area contributed by atoms with E-state index in [1.54, 1.807) is 0 Å². The van der Waals surface area contributed by atoms with E-state index >= 15 is 0 Å². The van der Waals surface area contributed by atoms with Gasteiger partial charge in [0.1, 0.15) is 11.6 Å². The van der Waals surface area contributed by atoms with E-state index in [9.17, 15) is 4.79 Å². The molecule has 7 rings (SSSR count). The van der Waals surface area contributed by atoms with Gasteiger partial charge in [-0.3, -0.25) is 9.48 Å². The molecule has 1 saturated heterocycles. The summed E-state index contributed by atoms with van der Waals surface area (Å²) >= 11 is 0. The molecule has 2 atom stereocenters. The van der Waals surface area contributed by atoms with Gasteiger partial charge in [-0.25, -0.2) is 0 Å². The van der Waals surface area contributed by atoms with Crippen molar-refractivity contribution in [1.29, 1.82) is 0 Å². The van der Waals surface area contributed by atoms with Gasteiger partial charge in [-0.1, -0.05) is 53.6 Å².